The predicted molar refractivity (Wildman–Crippen MR) is 89.7 cm³/mol. The van der Waals surface area contributed by atoms with E-state index in [0.717, 1.165) is 34.5 Å². The van der Waals surface area contributed by atoms with Crippen LogP contribution in [0, 0.1) is 18.4 Å². The van der Waals surface area contributed by atoms with Crippen LogP contribution in [-0.4, -0.2) is 34.6 Å². The molecule has 1 aromatic carbocycles. The third-order valence-electron chi connectivity index (χ3n) is 4.23. The summed E-state index contributed by atoms with van der Waals surface area (Å²) in [6, 6.07) is 2.07. The van der Waals surface area contributed by atoms with Gasteiger partial charge in [-0.15, -0.1) is 0 Å². The molecule has 1 amide bonds. The summed E-state index contributed by atoms with van der Waals surface area (Å²) in [5, 5.41) is 12.6. The molecule has 2 aliphatic rings. The normalized spacial score (nSPS) is 19.9. The molecule has 23 heavy (non-hydrogen) atoms. The van der Waals surface area contributed by atoms with Gasteiger partial charge in [-0.2, -0.15) is 4.58 Å². The van der Waals surface area contributed by atoms with Gasteiger partial charge in [0.25, 0.3) is 5.17 Å². The van der Waals surface area contributed by atoms with Crippen molar-refractivity contribution in [1.29, 1.82) is 5.26 Å². The van der Waals surface area contributed by atoms with Crippen LogP contribution < -0.4 is 15.8 Å². The van der Waals surface area contributed by atoms with Gasteiger partial charge in [0.2, 0.25) is 5.91 Å². The topological polar surface area (TPSA) is 91.2 Å². The Bertz CT molecular complexity index is 751. The second-order valence-corrected chi connectivity index (χ2v) is 6.61. The zero-order chi connectivity index (χ0) is 16.6. The van der Waals surface area contributed by atoms with E-state index in [-0.39, 0.29) is 12.0 Å². The second kappa shape index (κ2) is 6.13. The number of thioether (sulfide) groups is 1. The number of nitrogens with one attached hydrogen (secondary N) is 1. The number of fused-ring (bicyclic) bond motifs is 3. The van der Waals surface area contributed by atoms with Gasteiger partial charge < -0.3 is 15.8 Å². The summed E-state index contributed by atoms with van der Waals surface area (Å²) in [6.45, 7) is 2.43. The van der Waals surface area contributed by atoms with E-state index in [9.17, 15) is 10.1 Å². The SMILES string of the molecule is CSC(N)=[N+](C#N)CC1Cc2cc(C)c3c(c2O1)CCC(=O)N3. The number of anilines is 1. The fourth-order valence-electron chi connectivity index (χ4n) is 3.15. The second-order valence-electron chi connectivity index (χ2n) is 5.78. The van der Waals surface area contributed by atoms with Gasteiger partial charge in [-0.25, -0.2) is 0 Å². The van der Waals surface area contributed by atoms with E-state index in [2.05, 4.69) is 17.6 Å². The number of hydrogen-bond acceptors (Lipinski definition) is 4. The van der Waals surface area contributed by atoms with Crippen molar-refractivity contribution in [3.63, 3.8) is 0 Å². The van der Waals surface area contributed by atoms with Crippen molar-refractivity contribution < 1.29 is 14.1 Å². The Morgan fingerprint density at radius 3 is 3.09 bits per heavy atom. The minimum atomic E-state index is -0.112. The van der Waals surface area contributed by atoms with E-state index in [4.69, 9.17) is 10.5 Å². The molecular formula is C16H19N4O2S+. The quantitative estimate of drug-likeness (QED) is 0.281. The van der Waals surface area contributed by atoms with Crippen LogP contribution >= 0.6 is 11.8 Å². The van der Waals surface area contributed by atoms with Crippen molar-refractivity contribution in [1.82, 2.24) is 0 Å². The molecule has 3 rings (SSSR count). The molecular weight excluding hydrogens is 312 g/mol. The molecule has 0 aromatic heterocycles. The first-order valence-corrected chi connectivity index (χ1v) is 8.71. The summed E-state index contributed by atoms with van der Waals surface area (Å²) in [7, 11) is 0. The maximum atomic E-state index is 11.6. The van der Waals surface area contributed by atoms with Crippen LogP contribution in [0.2, 0.25) is 0 Å². The smallest absolute Gasteiger partial charge is 0.371 e. The fourth-order valence-corrected chi connectivity index (χ4v) is 3.48. The summed E-state index contributed by atoms with van der Waals surface area (Å²) >= 11 is 1.35. The molecule has 2 heterocycles. The van der Waals surface area contributed by atoms with Gasteiger partial charge in [0, 0.05) is 23.7 Å². The minimum Gasteiger partial charge on any atom is -0.486 e. The van der Waals surface area contributed by atoms with Crippen molar-refractivity contribution in [2.24, 2.45) is 5.73 Å². The molecule has 0 spiro atoms. The number of carbonyl (C=O) groups is 1. The van der Waals surface area contributed by atoms with Gasteiger partial charge in [-0.05, 0) is 30.7 Å². The van der Waals surface area contributed by atoms with Gasteiger partial charge in [0.15, 0.2) is 0 Å². The lowest BCUT2D eigenvalue weighted by atomic mass is 9.94. The van der Waals surface area contributed by atoms with Crippen LogP contribution in [0.3, 0.4) is 0 Å². The highest BCUT2D eigenvalue weighted by atomic mass is 32.2. The van der Waals surface area contributed by atoms with E-state index < -0.39 is 0 Å². The Morgan fingerprint density at radius 1 is 1.61 bits per heavy atom. The van der Waals surface area contributed by atoms with E-state index in [1.165, 1.54) is 16.3 Å². The van der Waals surface area contributed by atoms with Crippen LogP contribution in [0.4, 0.5) is 5.69 Å². The Kier molecular flexibility index (Phi) is 4.18. The Balaban J connectivity index is 1.88. The molecule has 7 heteroatoms. The van der Waals surface area contributed by atoms with E-state index in [0.29, 0.717) is 24.6 Å². The lowest BCUT2D eigenvalue weighted by Crippen LogP contribution is -2.31. The number of aryl methyl sites for hydroxylation is 1. The average Bonchev–Trinajstić information content (AvgIpc) is 2.94. The standard InChI is InChI=1S/C16H18N4O2S/c1-9-5-10-6-11(7-20(8-17)16(18)23-2)22-15(10)12-3-4-13(21)19-14(9)12/h5,11,18H,3-4,6-7H2,1-2H3,(H,19,21)/p+1. The monoisotopic (exact) mass is 331 g/mol. The van der Waals surface area contributed by atoms with Crippen molar-refractivity contribution in [3.05, 3.63) is 22.8 Å². The van der Waals surface area contributed by atoms with Crippen LogP contribution in [-0.2, 0) is 17.6 Å². The maximum Gasteiger partial charge on any atom is 0.371 e. The number of amides is 1. The molecule has 0 fully saturated rings. The highest BCUT2D eigenvalue weighted by Gasteiger charge is 2.32. The van der Waals surface area contributed by atoms with Gasteiger partial charge in [-0.1, -0.05) is 17.8 Å². The molecule has 2 aliphatic heterocycles. The number of hydrogen-bond donors (Lipinski definition) is 2. The van der Waals surface area contributed by atoms with Crippen LogP contribution in [0.5, 0.6) is 5.75 Å². The summed E-state index contributed by atoms with van der Waals surface area (Å²) in [6.07, 6.45) is 5.75. The van der Waals surface area contributed by atoms with Gasteiger partial charge in [0.05, 0.1) is 5.69 Å². The van der Waals surface area contributed by atoms with Gasteiger partial charge in [0.1, 0.15) is 18.4 Å². The highest BCUT2D eigenvalue weighted by Crippen LogP contribution is 2.41. The molecule has 120 valence electrons. The lowest BCUT2D eigenvalue weighted by Gasteiger charge is -2.21. The molecule has 0 saturated carbocycles. The molecule has 1 atom stereocenters. The number of nitrogens with zero attached hydrogens (tertiary/aromatic N) is 2. The van der Waals surface area contributed by atoms with Crippen LogP contribution in [0.1, 0.15) is 23.1 Å². The molecule has 1 aromatic rings. The summed E-state index contributed by atoms with van der Waals surface area (Å²) in [5.41, 5.74) is 10.0. The number of nitriles is 1. The van der Waals surface area contributed by atoms with Gasteiger partial charge in [-0.3, -0.25) is 4.79 Å². The Morgan fingerprint density at radius 2 is 2.39 bits per heavy atom. The Hall–Kier alpha value is -2.20. The van der Waals surface area contributed by atoms with E-state index in [1.54, 1.807) is 0 Å². The van der Waals surface area contributed by atoms with E-state index >= 15 is 0 Å². The molecule has 0 aliphatic carbocycles. The number of amidine groups is 1. The van der Waals surface area contributed by atoms with Crippen molar-refractivity contribution in [2.75, 3.05) is 18.1 Å². The van der Waals surface area contributed by atoms with Crippen LogP contribution in [0.25, 0.3) is 0 Å². The first-order chi connectivity index (χ1) is 11.0. The largest absolute Gasteiger partial charge is 0.486 e. The number of ether oxygens (including phenoxy) is 1. The third-order valence-corrected chi connectivity index (χ3v) is 4.87. The van der Waals surface area contributed by atoms with Crippen molar-refractivity contribution >= 4 is 28.5 Å². The number of benzene rings is 1. The molecule has 3 N–H and O–H groups in total. The molecule has 6 nitrogen and oxygen atoms in total. The maximum absolute atomic E-state index is 11.6. The van der Waals surface area contributed by atoms with Crippen LogP contribution in [0.15, 0.2) is 6.07 Å². The summed E-state index contributed by atoms with van der Waals surface area (Å²) in [4.78, 5) is 11.6. The number of nitrogens with two attached hydrogens (primary N) is 1. The van der Waals surface area contributed by atoms with Gasteiger partial charge >= 0.3 is 6.19 Å². The summed E-state index contributed by atoms with van der Waals surface area (Å²) in [5.74, 6) is 0.921. The molecule has 1 unspecified atom stereocenters. The summed E-state index contributed by atoms with van der Waals surface area (Å²) < 4.78 is 7.56. The number of rotatable bonds is 2. The lowest BCUT2D eigenvalue weighted by molar-refractivity contribution is -0.446. The highest BCUT2D eigenvalue weighted by molar-refractivity contribution is 8.12. The third kappa shape index (κ3) is 2.86. The predicted octanol–water partition coefficient (Wildman–Crippen LogP) is 1.35. The number of carbonyl (C=O) groups excluding carboxylic acids is 1. The first kappa shape index (κ1) is 15.7. The molecule has 0 saturated heterocycles. The zero-order valence-corrected chi connectivity index (χ0v) is 14.0. The fraction of sp³-hybridized carbons (Fsp3) is 0.438. The Labute approximate surface area is 139 Å². The van der Waals surface area contributed by atoms with Crippen molar-refractivity contribution in [3.8, 4) is 11.9 Å². The molecule has 0 bridgehead atoms. The average molecular weight is 331 g/mol. The van der Waals surface area contributed by atoms with Crippen molar-refractivity contribution in [2.45, 2.75) is 32.3 Å². The van der Waals surface area contributed by atoms with E-state index in [1.807, 2.05) is 13.2 Å². The zero-order valence-electron chi connectivity index (χ0n) is 13.2. The minimum absolute atomic E-state index is 0.0492. The molecule has 0 radical (unpaired) electrons. The first-order valence-electron chi connectivity index (χ1n) is 7.49.